The summed E-state index contributed by atoms with van der Waals surface area (Å²) in [5, 5.41) is 6.95. The highest BCUT2D eigenvalue weighted by Gasteiger charge is 2.24. The molecule has 0 spiro atoms. The molecule has 136 valence electrons. The lowest BCUT2D eigenvalue weighted by Gasteiger charge is -2.30. The number of hydrogen-bond acceptors (Lipinski definition) is 5. The van der Waals surface area contributed by atoms with E-state index >= 15 is 0 Å². The van der Waals surface area contributed by atoms with Gasteiger partial charge in [0, 0.05) is 41.5 Å². The molecule has 0 N–H and O–H groups in total. The average molecular weight is 376 g/mol. The zero-order valence-electron chi connectivity index (χ0n) is 15.0. The van der Waals surface area contributed by atoms with Crippen LogP contribution in [0.2, 0.25) is 0 Å². The first-order valence-electron chi connectivity index (χ1n) is 9.36. The van der Waals surface area contributed by atoms with Gasteiger partial charge < -0.3 is 0 Å². The molecule has 0 aromatic carbocycles. The number of rotatable bonds is 4. The predicted molar refractivity (Wildman–Crippen MR) is 108 cm³/mol. The molecule has 0 amide bonds. The van der Waals surface area contributed by atoms with Crippen molar-refractivity contribution in [1.82, 2.24) is 24.5 Å². The zero-order valence-corrected chi connectivity index (χ0v) is 15.8. The number of pyridine rings is 2. The first kappa shape index (κ1) is 16.6. The SMILES string of the molecule is c1csc(CN2CCC(c3nc4ccc(-c5ccncc5)cn4n3)CC2)c1. The second kappa shape index (κ2) is 7.21. The van der Waals surface area contributed by atoms with E-state index in [1.165, 1.54) is 4.88 Å². The summed E-state index contributed by atoms with van der Waals surface area (Å²) in [5.41, 5.74) is 3.20. The van der Waals surface area contributed by atoms with Crippen molar-refractivity contribution in [3.8, 4) is 11.1 Å². The Balaban J connectivity index is 1.31. The van der Waals surface area contributed by atoms with Crippen molar-refractivity contribution >= 4 is 17.0 Å². The molecule has 1 aliphatic heterocycles. The lowest BCUT2D eigenvalue weighted by Crippen LogP contribution is -2.32. The van der Waals surface area contributed by atoms with Gasteiger partial charge in [-0.15, -0.1) is 11.3 Å². The molecule has 0 saturated carbocycles. The second-order valence-corrected chi connectivity index (χ2v) is 8.09. The topological polar surface area (TPSA) is 46.3 Å². The Bertz CT molecular complexity index is 1020. The lowest BCUT2D eigenvalue weighted by atomic mass is 9.96. The number of likely N-dealkylation sites (tertiary alicyclic amines) is 1. The van der Waals surface area contributed by atoms with Crippen molar-refractivity contribution in [1.29, 1.82) is 0 Å². The van der Waals surface area contributed by atoms with Crippen molar-refractivity contribution < 1.29 is 0 Å². The molecule has 0 radical (unpaired) electrons. The van der Waals surface area contributed by atoms with Crippen molar-refractivity contribution in [2.45, 2.75) is 25.3 Å². The monoisotopic (exact) mass is 375 g/mol. The largest absolute Gasteiger partial charge is 0.298 e. The van der Waals surface area contributed by atoms with Gasteiger partial charge in [0.2, 0.25) is 0 Å². The van der Waals surface area contributed by atoms with Crippen LogP contribution in [0.3, 0.4) is 0 Å². The molecule has 4 aromatic rings. The fourth-order valence-electron chi connectivity index (χ4n) is 3.76. The minimum Gasteiger partial charge on any atom is -0.298 e. The molecule has 5 heterocycles. The molecule has 1 aliphatic rings. The molecule has 27 heavy (non-hydrogen) atoms. The van der Waals surface area contributed by atoms with E-state index in [-0.39, 0.29) is 0 Å². The predicted octanol–water partition coefficient (Wildman–Crippen LogP) is 4.23. The van der Waals surface area contributed by atoms with E-state index in [0.29, 0.717) is 5.92 Å². The highest BCUT2D eigenvalue weighted by Crippen LogP contribution is 2.28. The molecular weight excluding hydrogens is 354 g/mol. The van der Waals surface area contributed by atoms with Gasteiger partial charge in [-0.25, -0.2) is 9.50 Å². The number of fused-ring (bicyclic) bond motifs is 1. The van der Waals surface area contributed by atoms with Crippen molar-refractivity contribution in [2.24, 2.45) is 0 Å². The van der Waals surface area contributed by atoms with Gasteiger partial charge in [-0.1, -0.05) is 6.07 Å². The second-order valence-electron chi connectivity index (χ2n) is 7.06. The Morgan fingerprint density at radius 3 is 2.63 bits per heavy atom. The zero-order chi connectivity index (χ0) is 18.1. The molecule has 6 heteroatoms. The van der Waals surface area contributed by atoms with Crippen LogP contribution in [0.1, 0.15) is 29.5 Å². The first-order valence-corrected chi connectivity index (χ1v) is 10.2. The summed E-state index contributed by atoms with van der Waals surface area (Å²) in [6.07, 6.45) is 7.94. The molecule has 0 bridgehead atoms. The van der Waals surface area contributed by atoms with E-state index in [2.05, 4.69) is 45.7 Å². The molecule has 0 aliphatic carbocycles. The molecule has 1 saturated heterocycles. The van der Waals surface area contributed by atoms with Crippen molar-refractivity contribution in [3.05, 3.63) is 71.1 Å². The van der Waals surface area contributed by atoms with Crippen LogP contribution in [0.5, 0.6) is 0 Å². The third-order valence-corrected chi connectivity index (χ3v) is 6.13. The molecule has 0 unspecified atom stereocenters. The van der Waals surface area contributed by atoms with Gasteiger partial charge in [-0.3, -0.25) is 9.88 Å². The van der Waals surface area contributed by atoms with E-state index in [9.17, 15) is 0 Å². The Labute approximate surface area is 162 Å². The van der Waals surface area contributed by atoms with Gasteiger partial charge in [-0.2, -0.15) is 5.10 Å². The van der Waals surface area contributed by atoms with Crippen LogP contribution in [-0.2, 0) is 6.54 Å². The standard InChI is InChI=1S/C21H21N5S/c1-2-19(27-13-1)15-25-11-7-17(8-12-25)21-23-20-4-3-18(14-26(20)24-21)16-5-9-22-10-6-16/h1-6,9-10,13-14,17H,7-8,11-12,15H2. The van der Waals surface area contributed by atoms with Crippen LogP contribution < -0.4 is 0 Å². The number of thiophene rings is 1. The maximum absolute atomic E-state index is 4.80. The van der Waals surface area contributed by atoms with E-state index in [4.69, 9.17) is 10.1 Å². The van der Waals surface area contributed by atoms with Crippen LogP contribution in [0.4, 0.5) is 0 Å². The molecule has 5 nitrogen and oxygen atoms in total. The third-order valence-electron chi connectivity index (χ3n) is 5.27. The number of hydrogen-bond donors (Lipinski definition) is 0. The molecule has 1 fully saturated rings. The van der Waals surface area contributed by atoms with Crippen molar-refractivity contribution in [2.75, 3.05) is 13.1 Å². The average Bonchev–Trinajstić information content (AvgIpc) is 3.38. The van der Waals surface area contributed by atoms with E-state index in [0.717, 1.165) is 55.1 Å². The molecular formula is C21H21N5S. The fourth-order valence-corrected chi connectivity index (χ4v) is 4.51. The van der Waals surface area contributed by atoms with Crippen LogP contribution in [-0.4, -0.2) is 37.6 Å². The van der Waals surface area contributed by atoms with Gasteiger partial charge in [0.05, 0.1) is 0 Å². The minimum atomic E-state index is 0.453. The summed E-state index contributed by atoms with van der Waals surface area (Å²) in [6, 6.07) is 12.5. The van der Waals surface area contributed by atoms with E-state index < -0.39 is 0 Å². The Morgan fingerprint density at radius 2 is 1.85 bits per heavy atom. The quantitative estimate of drug-likeness (QED) is 0.535. The Hall–Kier alpha value is -2.57. The lowest BCUT2D eigenvalue weighted by molar-refractivity contribution is 0.203. The van der Waals surface area contributed by atoms with Crippen LogP contribution >= 0.6 is 11.3 Å². The normalized spacial score (nSPS) is 16.1. The maximum Gasteiger partial charge on any atom is 0.155 e. The van der Waals surface area contributed by atoms with Crippen molar-refractivity contribution in [3.63, 3.8) is 0 Å². The smallest absolute Gasteiger partial charge is 0.155 e. The minimum absolute atomic E-state index is 0.453. The van der Waals surface area contributed by atoms with Gasteiger partial charge in [0.1, 0.15) is 0 Å². The molecule has 0 atom stereocenters. The highest BCUT2D eigenvalue weighted by atomic mass is 32.1. The fraction of sp³-hybridized carbons (Fsp3) is 0.286. The van der Waals surface area contributed by atoms with Crippen LogP contribution in [0, 0.1) is 0 Å². The third kappa shape index (κ3) is 3.50. The van der Waals surface area contributed by atoms with Gasteiger partial charge >= 0.3 is 0 Å². The summed E-state index contributed by atoms with van der Waals surface area (Å²) in [5.74, 6) is 1.44. The molecule has 5 rings (SSSR count). The summed E-state index contributed by atoms with van der Waals surface area (Å²) in [7, 11) is 0. The first-order chi connectivity index (χ1) is 13.3. The maximum atomic E-state index is 4.80. The highest BCUT2D eigenvalue weighted by molar-refractivity contribution is 7.09. The van der Waals surface area contributed by atoms with Crippen LogP contribution in [0.15, 0.2) is 60.4 Å². The number of aromatic nitrogens is 4. The summed E-state index contributed by atoms with van der Waals surface area (Å²) >= 11 is 1.84. The Kier molecular flexibility index (Phi) is 4.43. The number of nitrogens with zero attached hydrogens (tertiary/aromatic N) is 5. The Morgan fingerprint density at radius 1 is 1.00 bits per heavy atom. The van der Waals surface area contributed by atoms with E-state index in [1.807, 2.05) is 40.4 Å². The molecule has 4 aromatic heterocycles. The summed E-state index contributed by atoms with van der Waals surface area (Å²) < 4.78 is 1.92. The van der Waals surface area contributed by atoms with E-state index in [1.54, 1.807) is 0 Å². The van der Waals surface area contributed by atoms with Gasteiger partial charge in [-0.05, 0) is 67.2 Å². The summed E-state index contributed by atoms with van der Waals surface area (Å²) in [4.78, 5) is 12.9. The van der Waals surface area contributed by atoms with Gasteiger partial charge in [0.25, 0.3) is 0 Å². The van der Waals surface area contributed by atoms with Crippen LogP contribution in [0.25, 0.3) is 16.8 Å². The van der Waals surface area contributed by atoms with Gasteiger partial charge in [0.15, 0.2) is 11.5 Å². The summed E-state index contributed by atoms with van der Waals surface area (Å²) in [6.45, 7) is 3.29. The number of piperidine rings is 1.